The lowest BCUT2D eigenvalue weighted by atomic mass is 9.92. The minimum Gasteiger partial charge on any atom is -0.388 e. The summed E-state index contributed by atoms with van der Waals surface area (Å²) in [6, 6.07) is 12.2. The van der Waals surface area contributed by atoms with E-state index in [4.69, 9.17) is 0 Å². The number of thiophene rings is 1. The van der Waals surface area contributed by atoms with E-state index >= 15 is 0 Å². The van der Waals surface area contributed by atoms with Crippen LogP contribution in [0.5, 0.6) is 0 Å². The summed E-state index contributed by atoms with van der Waals surface area (Å²) in [5, 5.41) is 12.3. The second kappa shape index (κ2) is 4.81. The number of aliphatic hydroxyl groups excluding tert-OH is 1. The van der Waals surface area contributed by atoms with Crippen molar-refractivity contribution < 1.29 is 5.11 Å². The van der Waals surface area contributed by atoms with E-state index in [0.717, 1.165) is 5.56 Å². The molecule has 16 heavy (non-hydrogen) atoms. The molecular formula is C14H16OS. The molecule has 0 radical (unpaired) electrons. The lowest BCUT2D eigenvalue weighted by Gasteiger charge is -2.18. The van der Waals surface area contributed by atoms with Gasteiger partial charge in [0.1, 0.15) is 0 Å². The van der Waals surface area contributed by atoms with Crippen molar-refractivity contribution in [2.45, 2.75) is 25.9 Å². The van der Waals surface area contributed by atoms with Gasteiger partial charge < -0.3 is 5.11 Å². The fourth-order valence-electron chi connectivity index (χ4n) is 1.85. The maximum atomic E-state index is 10.3. The standard InChI is InChI=1S/C14H16OS/c1-10-8-13(9-16-10)14(15)11(2)12-6-4-3-5-7-12/h3-9,11,14-15H,1-2H3. The first-order chi connectivity index (χ1) is 7.68. The minimum atomic E-state index is -0.410. The molecule has 0 amide bonds. The minimum absolute atomic E-state index is 0.134. The Morgan fingerprint density at radius 3 is 2.38 bits per heavy atom. The summed E-state index contributed by atoms with van der Waals surface area (Å²) in [5.74, 6) is 0.134. The number of rotatable bonds is 3. The van der Waals surface area contributed by atoms with Crippen LogP contribution in [0.4, 0.5) is 0 Å². The topological polar surface area (TPSA) is 20.2 Å². The molecule has 0 spiro atoms. The predicted molar refractivity (Wildman–Crippen MR) is 68.9 cm³/mol. The summed E-state index contributed by atoms with van der Waals surface area (Å²) in [7, 11) is 0. The molecule has 2 atom stereocenters. The Morgan fingerprint density at radius 2 is 1.81 bits per heavy atom. The zero-order valence-corrected chi connectivity index (χ0v) is 10.4. The number of aliphatic hydroxyl groups is 1. The van der Waals surface area contributed by atoms with E-state index in [1.807, 2.05) is 23.6 Å². The first-order valence-corrected chi connectivity index (χ1v) is 6.34. The first kappa shape index (κ1) is 11.4. The number of hydrogen-bond donors (Lipinski definition) is 1. The van der Waals surface area contributed by atoms with Gasteiger partial charge >= 0.3 is 0 Å². The van der Waals surface area contributed by atoms with Crippen molar-refractivity contribution in [3.8, 4) is 0 Å². The molecule has 0 aliphatic rings. The molecule has 2 heteroatoms. The third-order valence-electron chi connectivity index (χ3n) is 2.89. The van der Waals surface area contributed by atoms with Gasteiger partial charge in [-0.15, -0.1) is 11.3 Å². The Hall–Kier alpha value is -1.12. The maximum Gasteiger partial charge on any atom is 0.0863 e. The molecule has 0 aliphatic carbocycles. The lowest BCUT2D eigenvalue weighted by Crippen LogP contribution is -2.06. The SMILES string of the molecule is Cc1cc(C(O)C(C)c2ccccc2)cs1. The molecule has 0 aliphatic heterocycles. The Kier molecular flexibility index (Phi) is 3.42. The molecular weight excluding hydrogens is 216 g/mol. The molecule has 0 saturated heterocycles. The zero-order valence-electron chi connectivity index (χ0n) is 9.55. The summed E-state index contributed by atoms with van der Waals surface area (Å²) in [6.07, 6.45) is -0.410. The average molecular weight is 232 g/mol. The number of hydrogen-bond acceptors (Lipinski definition) is 2. The quantitative estimate of drug-likeness (QED) is 0.851. The smallest absolute Gasteiger partial charge is 0.0863 e. The number of aryl methyl sites for hydroxylation is 1. The van der Waals surface area contributed by atoms with E-state index in [2.05, 4.69) is 32.0 Å². The van der Waals surface area contributed by atoms with Gasteiger partial charge in [0.05, 0.1) is 6.10 Å². The zero-order chi connectivity index (χ0) is 11.5. The Balaban J connectivity index is 2.19. The summed E-state index contributed by atoms with van der Waals surface area (Å²) < 4.78 is 0. The average Bonchev–Trinajstić information content (AvgIpc) is 2.75. The molecule has 2 aromatic rings. The van der Waals surface area contributed by atoms with E-state index < -0.39 is 6.10 Å². The third-order valence-corrected chi connectivity index (χ3v) is 3.77. The highest BCUT2D eigenvalue weighted by atomic mass is 32.1. The van der Waals surface area contributed by atoms with Crippen LogP contribution in [0.15, 0.2) is 41.8 Å². The van der Waals surface area contributed by atoms with Crippen LogP contribution in [-0.2, 0) is 0 Å². The van der Waals surface area contributed by atoms with Gasteiger partial charge in [-0.3, -0.25) is 0 Å². The van der Waals surface area contributed by atoms with Gasteiger partial charge in [-0.1, -0.05) is 37.3 Å². The summed E-state index contributed by atoms with van der Waals surface area (Å²) in [6.45, 7) is 4.13. The van der Waals surface area contributed by atoms with Gasteiger partial charge in [-0.25, -0.2) is 0 Å². The maximum absolute atomic E-state index is 10.3. The van der Waals surface area contributed by atoms with E-state index in [-0.39, 0.29) is 5.92 Å². The van der Waals surface area contributed by atoms with Crippen molar-refractivity contribution >= 4 is 11.3 Å². The van der Waals surface area contributed by atoms with Crippen molar-refractivity contribution in [3.05, 3.63) is 57.8 Å². The van der Waals surface area contributed by atoms with Crippen LogP contribution >= 0.6 is 11.3 Å². The fraction of sp³-hybridized carbons (Fsp3) is 0.286. The van der Waals surface area contributed by atoms with E-state index in [1.165, 1.54) is 10.4 Å². The van der Waals surface area contributed by atoms with E-state index in [9.17, 15) is 5.11 Å². The molecule has 1 aromatic heterocycles. The largest absolute Gasteiger partial charge is 0.388 e. The van der Waals surface area contributed by atoms with Crippen LogP contribution in [0.25, 0.3) is 0 Å². The lowest BCUT2D eigenvalue weighted by molar-refractivity contribution is 0.152. The molecule has 1 aromatic carbocycles. The van der Waals surface area contributed by atoms with Crippen molar-refractivity contribution in [1.82, 2.24) is 0 Å². The molecule has 1 N–H and O–H groups in total. The third kappa shape index (κ3) is 2.34. The molecule has 2 rings (SSSR count). The summed E-state index contributed by atoms with van der Waals surface area (Å²) in [4.78, 5) is 1.24. The molecule has 1 nitrogen and oxygen atoms in total. The van der Waals surface area contributed by atoms with E-state index in [0.29, 0.717) is 0 Å². The van der Waals surface area contributed by atoms with Gasteiger partial charge in [-0.2, -0.15) is 0 Å². The molecule has 0 fully saturated rings. The van der Waals surface area contributed by atoms with Crippen molar-refractivity contribution in [1.29, 1.82) is 0 Å². The Bertz CT molecular complexity index is 447. The molecule has 2 unspecified atom stereocenters. The second-order valence-corrected chi connectivity index (χ2v) is 5.25. The van der Waals surface area contributed by atoms with Gasteiger partial charge in [0.15, 0.2) is 0 Å². The predicted octanol–water partition coefficient (Wildman–Crippen LogP) is 3.89. The van der Waals surface area contributed by atoms with Crippen molar-refractivity contribution in [3.63, 3.8) is 0 Å². The monoisotopic (exact) mass is 232 g/mol. The fourth-order valence-corrected chi connectivity index (χ4v) is 2.58. The van der Waals surface area contributed by atoms with Crippen molar-refractivity contribution in [2.75, 3.05) is 0 Å². The van der Waals surface area contributed by atoms with Gasteiger partial charge in [0.25, 0.3) is 0 Å². The number of benzene rings is 1. The first-order valence-electron chi connectivity index (χ1n) is 5.46. The molecule has 0 bridgehead atoms. The van der Waals surface area contributed by atoms with Crippen LogP contribution in [0, 0.1) is 6.92 Å². The molecule has 1 heterocycles. The normalized spacial score (nSPS) is 14.7. The highest BCUT2D eigenvalue weighted by molar-refractivity contribution is 7.10. The highest BCUT2D eigenvalue weighted by Gasteiger charge is 2.18. The summed E-state index contributed by atoms with van der Waals surface area (Å²) in [5.41, 5.74) is 2.21. The highest BCUT2D eigenvalue weighted by Crippen LogP contribution is 2.32. The molecule has 0 saturated carbocycles. The van der Waals surface area contributed by atoms with Crippen LogP contribution in [0.3, 0.4) is 0 Å². The van der Waals surface area contributed by atoms with E-state index in [1.54, 1.807) is 11.3 Å². The second-order valence-electron chi connectivity index (χ2n) is 4.13. The van der Waals surface area contributed by atoms with Crippen molar-refractivity contribution in [2.24, 2.45) is 0 Å². The summed E-state index contributed by atoms with van der Waals surface area (Å²) >= 11 is 1.69. The Labute approximate surface area is 100 Å². The van der Waals surface area contributed by atoms with Crippen LogP contribution in [-0.4, -0.2) is 5.11 Å². The van der Waals surface area contributed by atoms with Crippen LogP contribution in [0.2, 0.25) is 0 Å². The van der Waals surface area contributed by atoms with Crippen LogP contribution in [0.1, 0.15) is 34.9 Å². The van der Waals surface area contributed by atoms with Gasteiger partial charge in [0.2, 0.25) is 0 Å². The molecule has 84 valence electrons. The van der Waals surface area contributed by atoms with Gasteiger partial charge in [-0.05, 0) is 29.5 Å². The van der Waals surface area contributed by atoms with Gasteiger partial charge in [0, 0.05) is 10.8 Å². The Morgan fingerprint density at radius 1 is 1.12 bits per heavy atom. The van der Waals surface area contributed by atoms with Crippen LogP contribution < -0.4 is 0 Å².